The standard InChI is InChI=1S/C24H27N5O2/c25-23(30)21-22(17-6-8-19(9-7-17)31-18-4-2-1-3-5-18)28-29-20(12-15-27-24(21)29)16-10-13-26-14-11-16/h1-9,16,20,26-27H,10-15H2,(H2,25,30)/t20-/m0/s1/i22+2. The van der Waals surface area contributed by atoms with Crippen LogP contribution < -0.4 is 21.1 Å². The predicted octanol–water partition coefficient (Wildman–Crippen LogP) is 3.80. The predicted molar refractivity (Wildman–Crippen MR) is 120 cm³/mol. The highest BCUT2D eigenvalue weighted by molar-refractivity contribution is 6.03. The van der Waals surface area contributed by atoms with Gasteiger partial charge in [0.2, 0.25) is 0 Å². The summed E-state index contributed by atoms with van der Waals surface area (Å²) in [6.45, 7) is 2.89. The minimum absolute atomic E-state index is 0.283. The molecule has 31 heavy (non-hydrogen) atoms. The molecule has 1 saturated heterocycles. The van der Waals surface area contributed by atoms with Crippen molar-refractivity contribution in [1.29, 1.82) is 0 Å². The molecule has 160 valence electrons. The molecule has 3 heterocycles. The van der Waals surface area contributed by atoms with Crippen LogP contribution in [0.3, 0.4) is 0 Å². The zero-order valence-electron chi connectivity index (χ0n) is 17.4. The Kier molecular flexibility index (Phi) is 5.34. The Labute approximate surface area is 181 Å². The maximum Gasteiger partial charge on any atom is 0.254 e. The SMILES string of the molecule is NC(=O)c1c2n(n[14c]1-c1ccc(Oc3ccccc3)cc1)[C@H](C1CCNCC1)CCN2. The van der Waals surface area contributed by atoms with Crippen LogP contribution in [-0.4, -0.2) is 35.3 Å². The minimum Gasteiger partial charge on any atom is -0.457 e. The maximum atomic E-state index is 12.4. The number of benzene rings is 2. The van der Waals surface area contributed by atoms with Crippen molar-refractivity contribution < 1.29 is 9.53 Å². The summed E-state index contributed by atoms with van der Waals surface area (Å²) in [6.07, 6.45) is 3.24. The fraction of sp³-hybridized carbons (Fsp3) is 0.333. The third-order valence-corrected chi connectivity index (χ3v) is 6.24. The largest absolute Gasteiger partial charge is 0.457 e. The first kappa shape index (κ1) is 19.6. The molecular formula is C24H27N5O2. The van der Waals surface area contributed by atoms with E-state index < -0.39 is 5.91 Å². The molecule has 1 aromatic heterocycles. The van der Waals surface area contributed by atoms with E-state index in [0.717, 1.165) is 61.8 Å². The van der Waals surface area contributed by atoms with E-state index in [1.54, 1.807) is 0 Å². The Balaban J connectivity index is 1.47. The van der Waals surface area contributed by atoms with E-state index in [-0.39, 0.29) is 6.04 Å². The number of hydrogen-bond acceptors (Lipinski definition) is 5. The summed E-state index contributed by atoms with van der Waals surface area (Å²) >= 11 is 0. The van der Waals surface area contributed by atoms with Crippen LogP contribution in [0.2, 0.25) is 0 Å². The summed E-state index contributed by atoms with van der Waals surface area (Å²) in [5.74, 6) is 2.35. The van der Waals surface area contributed by atoms with Crippen molar-refractivity contribution in [1.82, 2.24) is 15.1 Å². The fourth-order valence-corrected chi connectivity index (χ4v) is 4.71. The van der Waals surface area contributed by atoms with Crippen LogP contribution >= 0.6 is 0 Å². The number of amides is 1. The summed E-state index contributed by atoms with van der Waals surface area (Å²) in [7, 11) is 0. The summed E-state index contributed by atoms with van der Waals surface area (Å²) in [5, 5.41) is 11.7. The number of nitrogens with two attached hydrogens (primary N) is 1. The molecular weight excluding hydrogens is 392 g/mol. The van der Waals surface area contributed by atoms with Crippen LogP contribution in [0.15, 0.2) is 54.6 Å². The number of nitrogens with zero attached hydrogens (tertiary/aromatic N) is 2. The number of aromatic nitrogens is 2. The molecule has 1 amide bonds. The lowest BCUT2D eigenvalue weighted by atomic mass is 9.87. The average Bonchev–Trinajstić information content (AvgIpc) is 3.21. The highest BCUT2D eigenvalue weighted by atomic mass is 16.5. The Morgan fingerprint density at radius 1 is 1.00 bits per heavy atom. The molecule has 0 radical (unpaired) electrons. The second kappa shape index (κ2) is 8.43. The molecule has 3 aromatic rings. The second-order valence-corrected chi connectivity index (χ2v) is 8.19. The number of ether oxygens (including phenoxy) is 1. The lowest BCUT2D eigenvalue weighted by Crippen LogP contribution is -2.36. The lowest BCUT2D eigenvalue weighted by molar-refractivity contribution is 0.100. The summed E-state index contributed by atoms with van der Waals surface area (Å²) < 4.78 is 7.91. The van der Waals surface area contributed by atoms with Gasteiger partial charge in [0.05, 0.1) is 6.04 Å². The van der Waals surface area contributed by atoms with Gasteiger partial charge in [0.1, 0.15) is 28.6 Å². The van der Waals surface area contributed by atoms with Crippen LogP contribution in [0.5, 0.6) is 11.5 Å². The van der Waals surface area contributed by atoms with Crippen molar-refractivity contribution in [2.24, 2.45) is 11.7 Å². The number of carbonyl (C=O) groups excluding carboxylic acids is 1. The van der Waals surface area contributed by atoms with Crippen LogP contribution in [0.25, 0.3) is 11.3 Å². The zero-order valence-corrected chi connectivity index (χ0v) is 17.4. The summed E-state index contributed by atoms with van der Waals surface area (Å²) in [4.78, 5) is 12.4. The molecule has 0 unspecified atom stereocenters. The molecule has 1 atom stereocenters. The van der Waals surface area contributed by atoms with Crippen molar-refractivity contribution >= 4 is 11.7 Å². The lowest BCUT2D eigenvalue weighted by Gasteiger charge is -2.34. The number of hydrogen-bond donors (Lipinski definition) is 3. The molecule has 0 bridgehead atoms. The fourth-order valence-electron chi connectivity index (χ4n) is 4.71. The Morgan fingerprint density at radius 2 is 1.71 bits per heavy atom. The van der Waals surface area contributed by atoms with Gasteiger partial charge in [-0.2, -0.15) is 5.10 Å². The number of anilines is 1. The van der Waals surface area contributed by atoms with Gasteiger partial charge in [-0.05, 0) is 74.7 Å². The first-order chi connectivity index (χ1) is 15.2. The van der Waals surface area contributed by atoms with Gasteiger partial charge in [-0.15, -0.1) is 0 Å². The monoisotopic (exact) mass is 419 g/mol. The van der Waals surface area contributed by atoms with E-state index in [1.807, 2.05) is 59.3 Å². The van der Waals surface area contributed by atoms with Crippen LogP contribution in [0.1, 0.15) is 35.7 Å². The van der Waals surface area contributed by atoms with Gasteiger partial charge in [-0.25, -0.2) is 4.68 Å². The van der Waals surface area contributed by atoms with Gasteiger partial charge < -0.3 is 21.1 Å². The molecule has 2 aromatic carbocycles. The number of rotatable bonds is 5. The number of para-hydroxylation sites is 1. The molecule has 0 aliphatic carbocycles. The van der Waals surface area contributed by atoms with E-state index in [1.165, 1.54) is 0 Å². The molecule has 2 aliphatic rings. The second-order valence-electron chi connectivity index (χ2n) is 8.19. The molecule has 2 aliphatic heterocycles. The van der Waals surface area contributed by atoms with Crippen LogP contribution in [-0.2, 0) is 0 Å². The van der Waals surface area contributed by atoms with Crippen molar-refractivity contribution in [2.45, 2.75) is 25.3 Å². The Morgan fingerprint density at radius 3 is 2.42 bits per heavy atom. The first-order valence-corrected chi connectivity index (χ1v) is 10.9. The summed E-state index contributed by atoms with van der Waals surface area (Å²) in [5.41, 5.74) is 7.75. The van der Waals surface area contributed by atoms with E-state index in [9.17, 15) is 4.79 Å². The van der Waals surface area contributed by atoms with Gasteiger partial charge in [0, 0.05) is 12.1 Å². The summed E-state index contributed by atoms with van der Waals surface area (Å²) in [6, 6.07) is 17.6. The van der Waals surface area contributed by atoms with Gasteiger partial charge in [-0.3, -0.25) is 4.79 Å². The maximum absolute atomic E-state index is 12.4. The van der Waals surface area contributed by atoms with E-state index in [4.69, 9.17) is 15.6 Å². The molecule has 0 spiro atoms. The normalized spacial score (nSPS) is 18.8. The number of fused-ring (bicyclic) bond motifs is 1. The van der Waals surface area contributed by atoms with Gasteiger partial charge in [0.25, 0.3) is 5.91 Å². The number of piperidine rings is 1. The van der Waals surface area contributed by atoms with Crippen molar-refractivity contribution in [3.63, 3.8) is 0 Å². The number of nitrogens with one attached hydrogen (secondary N) is 2. The number of carbonyl (C=O) groups is 1. The highest BCUT2D eigenvalue weighted by Crippen LogP contribution is 2.39. The zero-order chi connectivity index (χ0) is 21.2. The van der Waals surface area contributed by atoms with Crippen molar-refractivity contribution in [3.8, 4) is 22.8 Å². The Hall–Kier alpha value is -3.32. The Bertz CT molecular complexity index is 1060. The van der Waals surface area contributed by atoms with E-state index in [0.29, 0.717) is 17.2 Å². The highest BCUT2D eigenvalue weighted by Gasteiger charge is 2.34. The average molecular weight is 420 g/mol. The van der Waals surface area contributed by atoms with Crippen molar-refractivity contribution in [3.05, 3.63) is 60.2 Å². The van der Waals surface area contributed by atoms with Gasteiger partial charge >= 0.3 is 0 Å². The van der Waals surface area contributed by atoms with Gasteiger partial charge in [0.15, 0.2) is 0 Å². The van der Waals surface area contributed by atoms with Crippen LogP contribution in [0.4, 0.5) is 5.82 Å². The first-order valence-electron chi connectivity index (χ1n) is 10.9. The quantitative estimate of drug-likeness (QED) is 0.585. The van der Waals surface area contributed by atoms with E-state index >= 15 is 0 Å². The van der Waals surface area contributed by atoms with Crippen molar-refractivity contribution in [2.75, 3.05) is 25.0 Å². The molecule has 1 fully saturated rings. The smallest absolute Gasteiger partial charge is 0.254 e. The molecule has 7 heteroatoms. The van der Waals surface area contributed by atoms with Gasteiger partial charge in [-0.1, -0.05) is 18.2 Å². The van der Waals surface area contributed by atoms with Crippen LogP contribution in [0, 0.1) is 5.92 Å². The topological polar surface area (TPSA) is 94.2 Å². The molecule has 4 N–H and O–H groups in total. The molecule has 7 nitrogen and oxygen atoms in total. The third-order valence-electron chi connectivity index (χ3n) is 6.24. The molecule has 0 saturated carbocycles. The third kappa shape index (κ3) is 3.88. The number of primary amides is 1. The molecule has 5 rings (SSSR count). The minimum atomic E-state index is -0.459. The van der Waals surface area contributed by atoms with E-state index in [2.05, 4.69) is 10.6 Å².